The largest absolute Gasteiger partial charge is 0.343 e. The molecule has 20 heavy (non-hydrogen) atoms. The number of aromatic amines is 1. The fourth-order valence-electron chi connectivity index (χ4n) is 1.57. The Balaban J connectivity index is 1.88. The van der Waals surface area contributed by atoms with Crippen LogP contribution in [0.1, 0.15) is 15.9 Å². The van der Waals surface area contributed by atoms with Gasteiger partial charge in [-0.3, -0.25) is 14.7 Å². The van der Waals surface area contributed by atoms with E-state index < -0.39 is 5.91 Å². The molecule has 0 atom stereocenters. The highest BCUT2D eigenvalue weighted by Gasteiger charge is 2.10. The number of nitrogens with zero attached hydrogens (tertiary/aromatic N) is 1. The highest BCUT2D eigenvalue weighted by Crippen LogP contribution is 2.09. The summed E-state index contributed by atoms with van der Waals surface area (Å²) in [7, 11) is 0. The molecular formula is C13H13FN4O2. The number of aromatic nitrogens is 2. The van der Waals surface area contributed by atoms with Gasteiger partial charge in [0, 0.05) is 11.8 Å². The molecular weight excluding hydrogens is 263 g/mol. The van der Waals surface area contributed by atoms with Gasteiger partial charge in [-0.2, -0.15) is 5.10 Å². The van der Waals surface area contributed by atoms with Crippen LogP contribution in [0.15, 0.2) is 30.6 Å². The first-order chi connectivity index (χ1) is 9.56. The lowest BCUT2D eigenvalue weighted by Crippen LogP contribution is -2.32. The van der Waals surface area contributed by atoms with Crippen molar-refractivity contribution in [2.24, 2.45) is 0 Å². The summed E-state index contributed by atoms with van der Waals surface area (Å²) in [5.74, 6) is -1.19. The number of nitrogens with one attached hydrogen (secondary N) is 3. The summed E-state index contributed by atoms with van der Waals surface area (Å²) in [6.07, 6.45) is 2.96. The molecule has 0 saturated carbocycles. The Bertz CT molecular complexity index is 625. The number of aryl methyl sites for hydroxylation is 1. The number of hydrogen-bond donors (Lipinski definition) is 3. The van der Waals surface area contributed by atoms with Crippen LogP contribution in [0.2, 0.25) is 0 Å². The van der Waals surface area contributed by atoms with Crippen molar-refractivity contribution in [3.05, 3.63) is 47.5 Å². The van der Waals surface area contributed by atoms with Crippen LogP contribution >= 0.6 is 0 Å². The molecule has 0 saturated heterocycles. The van der Waals surface area contributed by atoms with Crippen LogP contribution in [0.25, 0.3) is 0 Å². The first-order valence-electron chi connectivity index (χ1n) is 5.89. The maximum atomic E-state index is 13.1. The minimum atomic E-state index is -0.435. The molecule has 0 aliphatic heterocycles. The average Bonchev–Trinajstić information content (AvgIpc) is 2.92. The van der Waals surface area contributed by atoms with Gasteiger partial charge >= 0.3 is 0 Å². The van der Waals surface area contributed by atoms with Crippen LogP contribution in [-0.2, 0) is 4.79 Å². The second-order valence-electron chi connectivity index (χ2n) is 4.18. The van der Waals surface area contributed by atoms with Crippen LogP contribution in [0, 0.1) is 12.7 Å². The number of H-pyrrole nitrogens is 1. The lowest BCUT2D eigenvalue weighted by atomic mass is 10.1. The number of halogens is 1. The number of rotatable bonds is 4. The van der Waals surface area contributed by atoms with Gasteiger partial charge in [0.2, 0.25) is 5.91 Å². The predicted molar refractivity (Wildman–Crippen MR) is 70.7 cm³/mol. The van der Waals surface area contributed by atoms with E-state index in [-0.39, 0.29) is 18.3 Å². The van der Waals surface area contributed by atoms with Crippen LogP contribution in [0.3, 0.4) is 0 Å². The Labute approximate surface area is 114 Å². The van der Waals surface area contributed by atoms with Crippen molar-refractivity contribution < 1.29 is 14.0 Å². The fraction of sp³-hybridized carbons (Fsp3) is 0.154. The van der Waals surface area contributed by atoms with Crippen molar-refractivity contribution in [2.75, 3.05) is 11.9 Å². The molecule has 0 radical (unpaired) electrons. The van der Waals surface area contributed by atoms with Gasteiger partial charge < -0.3 is 10.6 Å². The van der Waals surface area contributed by atoms with E-state index in [2.05, 4.69) is 20.8 Å². The van der Waals surface area contributed by atoms with E-state index in [1.165, 1.54) is 30.6 Å². The zero-order valence-electron chi connectivity index (χ0n) is 10.7. The first kappa shape index (κ1) is 13.7. The smallest absolute Gasteiger partial charge is 0.251 e. The summed E-state index contributed by atoms with van der Waals surface area (Å²) in [6.45, 7) is 1.39. The van der Waals surface area contributed by atoms with Crippen molar-refractivity contribution >= 4 is 17.5 Å². The van der Waals surface area contributed by atoms with Gasteiger partial charge in [0.1, 0.15) is 5.82 Å². The van der Waals surface area contributed by atoms with E-state index in [1.807, 2.05) is 0 Å². The molecule has 6 nitrogen and oxygen atoms in total. The van der Waals surface area contributed by atoms with Crippen molar-refractivity contribution in [2.45, 2.75) is 6.92 Å². The molecule has 3 N–H and O–H groups in total. The number of hydrogen-bond acceptors (Lipinski definition) is 3. The maximum Gasteiger partial charge on any atom is 0.251 e. The molecule has 0 bridgehead atoms. The molecule has 2 rings (SSSR count). The Morgan fingerprint density at radius 3 is 2.85 bits per heavy atom. The monoisotopic (exact) mass is 276 g/mol. The molecule has 2 aromatic rings. The molecule has 0 unspecified atom stereocenters. The topological polar surface area (TPSA) is 86.9 Å². The summed E-state index contributed by atoms with van der Waals surface area (Å²) in [4.78, 5) is 23.3. The highest BCUT2D eigenvalue weighted by atomic mass is 19.1. The van der Waals surface area contributed by atoms with Gasteiger partial charge in [0.15, 0.2) is 0 Å². The van der Waals surface area contributed by atoms with Crippen molar-refractivity contribution in [3.8, 4) is 0 Å². The summed E-state index contributed by atoms with van der Waals surface area (Å²) in [6, 6.07) is 4.01. The maximum absolute atomic E-state index is 13.1. The standard InChI is InChI=1S/C13H13FN4O2/c1-8-4-9(2-3-11(8)14)13(20)15-7-12(19)18-10-5-16-17-6-10/h2-6H,7H2,1H3,(H,15,20)(H,16,17)(H,18,19). The van der Waals surface area contributed by atoms with Crippen molar-refractivity contribution in [1.82, 2.24) is 15.5 Å². The zero-order chi connectivity index (χ0) is 14.5. The van der Waals surface area contributed by atoms with Gasteiger partial charge in [-0.15, -0.1) is 0 Å². The molecule has 0 spiro atoms. The number of carbonyl (C=O) groups excluding carboxylic acids is 2. The van der Waals surface area contributed by atoms with Gasteiger partial charge in [0.25, 0.3) is 5.91 Å². The van der Waals surface area contributed by atoms with Gasteiger partial charge in [-0.1, -0.05) is 0 Å². The molecule has 7 heteroatoms. The molecule has 0 aliphatic carbocycles. The third-order valence-electron chi connectivity index (χ3n) is 2.61. The third-order valence-corrected chi connectivity index (χ3v) is 2.61. The highest BCUT2D eigenvalue weighted by molar-refractivity contribution is 5.99. The molecule has 0 aliphatic rings. The third kappa shape index (κ3) is 3.41. The number of amides is 2. The average molecular weight is 276 g/mol. The number of carbonyl (C=O) groups is 2. The van der Waals surface area contributed by atoms with E-state index in [9.17, 15) is 14.0 Å². The Kier molecular flexibility index (Phi) is 4.09. The SMILES string of the molecule is Cc1cc(C(=O)NCC(=O)Nc2cn[nH]c2)ccc1F. The second-order valence-corrected chi connectivity index (χ2v) is 4.18. The fourth-order valence-corrected chi connectivity index (χ4v) is 1.57. The molecule has 1 aromatic heterocycles. The van der Waals surface area contributed by atoms with Crippen molar-refractivity contribution in [1.29, 1.82) is 0 Å². The minimum absolute atomic E-state index is 0.180. The Morgan fingerprint density at radius 2 is 2.20 bits per heavy atom. The van der Waals surface area contributed by atoms with E-state index in [1.54, 1.807) is 6.92 Å². The lowest BCUT2D eigenvalue weighted by Gasteiger charge is -2.06. The van der Waals surface area contributed by atoms with Gasteiger partial charge in [0.05, 0.1) is 18.4 Å². The molecule has 1 aromatic carbocycles. The zero-order valence-corrected chi connectivity index (χ0v) is 10.7. The number of anilines is 1. The quantitative estimate of drug-likeness (QED) is 0.784. The van der Waals surface area contributed by atoms with E-state index in [4.69, 9.17) is 0 Å². The molecule has 2 amide bonds. The van der Waals surface area contributed by atoms with E-state index in [0.717, 1.165) is 0 Å². The van der Waals surface area contributed by atoms with Gasteiger partial charge in [-0.05, 0) is 30.7 Å². The normalized spacial score (nSPS) is 10.1. The van der Waals surface area contributed by atoms with Gasteiger partial charge in [-0.25, -0.2) is 4.39 Å². The first-order valence-corrected chi connectivity index (χ1v) is 5.89. The van der Waals surface area contributed by atoms with Crippen LogP contribution in [-0.4, -0.2) is 28.6 Å². The van der Waals surface area contributed by atoms with Crippen molar-refractivity contribution in [3.63, 3.8) is 0 Å². The van der Waals surface area contributed by atoms with E-state index in [0.29, 0.717) is 16.8 Å². The van der Waals surface area contributed by atoms with Crippen LogP contribution in [0.5, 0.6) is 0 Å². The van der Waals surface area contributed by atoms with E-state index >= 15 is 0 Å². The van der Waals surface area contributed by atoms with Crippen LogP contribution in [0.4, 0.5) is 10.1 Å². The number of benzene rings is 1. The Morgan fingerprint density at radius 1 is 1.40 bits per heavy atom. The predicted octanol–water partition coefficient (Wildman–Crippen LogP) is 1.23. The van der Waals surface area contributed by atoms with Crippen LogP contribution < -0.4 is 10.6 Å². The molecule has 104 valence electrons. The minimum Gasteiger partial charge on any atom is -0.343 e. The summed E-state index contributed by atoms with van der Waals surface area (Å²) in [5, 5.41) is 11.2. The molecule has 1 heterocycles. The summed E-state index contributed by atoms with van der Waals surface area (Å²) in [5.41, 5.74) is 1.20. The second kappa shape index (κ2) is 5.96. The lowest BCUT2D eigenvalue weighted by molar-refractivity contribution is -0.115. The summed E-state index contributed by atoms with van der Waals surface area (Å²) >= 11 is 0. The summed E-state index contributed by atoms with van der Waals surface area (Å²) < 4.78 is 13.1. The molecule has 0 fully saturated rings. The Hall–Kier alpha value is -2.70.